The van der Waals surface area contributed by atoms with E-state index in [2.05, 4.69) is 5.32 Å². The fraction of sp³-hybridized carbons (Fsp3) is 0.565. The highest BCUT2D eigenvalue weighted by Crippen LogP contribution is 2.42. The Bertz CT molecular complexity index is 868. The molecule has 0 amide bonds. The molecule has 0 spiro atoms. The average Bonchev–Trinajstić information content (AvgIpc) is 3.27. The molecule has 2 unspecified atom stereocenters. The van der Waals surface area contributed by atoms with Gasteiger partial charge in [-0.1, -0.05) is 12.1 Å². The number of rotatable bonds is 11. The summed E-state index contributed by atoms with van der Waals surface area (Å²) in [5, 5.41) is 24.1. The van der Waals surface area contributed by atoms with Crippen molar-refractivity contribution in [3.63, 3.8) is 0 Å². The first-order valence-electron chi connectivity index (χ1n) is 10.8. The van der Waals surface area contributed by atoms with Crippen LogP contribution < -0.4 is 11.1 Å². The number of carboxylic acid groups (broad SMARTS) is 2. The number of carbonyl (C=O) groups is 2. The fourth-order valence-electron chi connectivity index (χ4n) is 3.65. The Morgan fingerprint density at radius 2 is 2.03 bits per heavy atom. The zero-order valence-electron chi connectivity index (χ0n) is 19.6. The second-order valence-corrected chi connectivity index (χ2v) is 9.17. The van der Waals surface area contributed by atoms with Gasteiger partial charge in [0.15, 0.2) is 0 Å². The summed E-state index contributed by atoms with van der Waals surface area (Å²) in [7, 11) is 1.51. The highest BCUT2D eigenvalue weighted by atomic mass is 32.1. The van der Waals surface area contributed by atoms with Gasteiger partial charge in [-0.05, 0) is 55.7 Å². The van der Waals surface area contributed by atoms with Crippen LogP contribution in [0.25, 0.3) is 0 Å². The molecule has 1 aliphatic rings. The molecule has 2 atom stereocenters. The normalized spacial score (nSPS) is 19.2. The maximum atomic E-state index is 11.9. The first-order valence-corrected chi connectivity index (χ1v) is 11.6. The van der Waals surface area contributed by atoms with Crippen LogP contribution in [-0.4, -0.2) is 61.2 Å². The summed E-state index contributed by atoms with van der Waals surface area (Å²) in [5.74, 6) is -2.12. The summed E-state index contributed by atoms with van der Waals surface area (Å²) in [6, 6.07) is 3.48. The van der Waals surface area contributed by atoms with Crippen LogP contribution in [0.3, 0.4) is 0 Å². The predicted molar refractivity (Wildman–Crippen MR) is 125 cm³/mol. The van der Waals surface area contributed by atoms with E-state index in [0.29, 0.717) is 30.8 Å². The molecule has 1 aliphatic carbocycles. The van der Waals surface area contributed by atoms with Gasteiger partial charge in [-0.15, -0.1) is 11.3 Å². The minimum atomic E-state index is -4.02. The quantitative estimate of drug-likeness (QED) is 0.335. The molecule has 1 aromatic heterocycles. The highest BCUT2D eigenvalue weighted by Gasteiger charge is 2.43. The van der Waals surface area contributed by atoms with Crippen LogP contribution in [0.2, 0.25) is 0 Å². The standard InChI is InChI=1S/C16H26N2O5.C7H7F3S/c1-10-6-16(15(21)22,7-11(2)23-3)8-12(14(19)20)13(10)9-18-5-4-17;8-7(9,10)4-3-6-2-1-5-11-6/h6,11,18H,4-5,7-9,17H2,1-3H3,(H,19,20)(H,21,22);1-2,5H,3-4H2. The van der Waals surface area contributed by atoms with E-state index in [4.69, 9.17) is 10.5 Å². The summed E-state index contributed by atoms with van der Waals surface area (Å²) in [6.45, 7) is 4.89. The number of aliphatic carboxylic acids is 2. The Morgan fingerprint density at radius 3 is 2.50 bits per heavy atom. The number of alkyl halides is 3. The number of hydrogen-bond donors (Lipinski definition) is 4. The number of carboxylic acids is 2. The Balaban J connectivity index is 0.000000437. The van der Waals surface area contributed by atoms with Crippen LogP contribution in [0, 0.1) is 5.41 Å². The van der Waals surface area contributed by atoms with Crippen LogP contribution in [0.15, 0.2) is 40.3 Å². The molecule has 34 heavy (non-hydrogen) atoms. The van der Waals surface area contributed by atoms with Gasteiger partial charge in [0, 0.05) is 43.6 Å². The Kier molecular flexibility index (Phi) is 11.9. The molecular formula is C23H33F3N2O5S. The lowest BCUT2D eigenvalue weighted by molar-refractivity contribution is -0.148. The molecule has 0 saturated heterocycles. The van der Waals surface area contributed by atoms with Crippen molar-refractivity contribution in [2.75, 3.05) is 26.7 Å². The maximum absolute atomic E-state index is 11.9. The summed E-state index contributed by atoms with van der Waals surface area (Å²) in [4.78, 5) is 24.3. The van der Waals surface area contributed by atoms with Crippen LogP contribution in [0.5, 0.6) is 0 Å². The molecule has 0 bridgehead atoms. The minimum absolute atomic E-state index is 0.0532. The van der Waals surface area contributed by atoms with E-state index in [1.165, 1.54) is 18.4 Å². The number of hydrogen-bond acceptors (Lipinski definition) is 6. The topological polar surface area (TPSA) is 122 Å². The van der Waals surface area contributed by atoms with Gasteiger partial charge < -0.3 is 26.0 Å². The van der Waals surface area contributed by atoms with Gasteiger partial charge in [0.1, 0.15) is 0 Å². The van der Waals surface area contributed by atoms with Crippen molar-refractivity contribution in [1.82, 2.24) is 5.32 Å². The lowest BCUT2D eigenvalue weighted by Crippen LogP contribution is -2.38. The SMILES string of the molecule is COC(C)CC1(C(=O)O)C=C(C)C(CNCCN)=C(C(=O)O)C1.FC(F)(F)CCc1cccs1. The number of ether oxygens (including phenoxy) is 1. The molecule has 2 rings (SSSR count). The van der Waals surface area contributed by atoms with Gasteiger partial charge in [0.25, 0.3) is 0 Å². The molecule has 5 N–H and O–H groups in total. The minimum Gasteiger partial charge on any atom is -0.481 e. The fourth-order valence-corrected chi connectivity index (χ4v) is 4.36. The maximum Gasteiger partial charge on any atom is 0.389 e. The van der Waals surface area contributed by atoms with Crippen LogP contribution in [0.4, 0.5) is 13.2 Å². The zero-order valence-corrected chi connectivity index (χ0v) is 20.4. The second-order valence-electron chi connectivity index (χ2n) is 8.14. The summed E-state index contributed by atoms with van der Waals surface area (Å²) in [6.07, 6.45) is -3.09. The van der Waals surface area contributed by atoms with Gasteiger partial charge in [-0.2, -0.15) is 13.2 Å². The predicted octanol–water partition coefficient (Wildman–Crippen LogP) is 4.00. The van der Waals surface area contributed by atoms with Gasteiger partial charge in [-0.3, -0.25) is 4.79 Å². The van der Waals surface area contributed by atoms with Crippen LogP contribution in [-0.2, 0) is 20.7 Å². The Labute approximate surface area is 201 Å². The second kappa shape index (κ2) is 13.6. The lowest BCUT2D eigenvalue weighted by Gasteiger charge is -2.34. The lowest BCUT2D eigenvalue weighted by atomic mass is 9.70. The third-order valence-corrected chi connectivity index (χ3v) is 6.36. The molecule has 1 heterocycles. The van der Waals surface area contributed by atoms with Crippen molar-refractivity contribution < 1.29 is 37.7 Å². The largest absolute Gasteiger partial charge is 0.481 e. The van der Waals surface area contributed by atoms with Crippen molar-refractivity contribution in [2.24, 2.45) is 11.1 Å². The summed E-state index contributed by atoms with van der Waals surface area (Å²) < 4.78 is 40.1. The van der Waals surface area contributed by atoms with E-state index >= 15 is 0 Å². The zero-order chi connectivity index (χ0) is 25.9. The third-order valence-electron chi connectivity index (χ3n) is 5.42. The molecule has 11 heteroatoms. The molecule has 1 aromatic rings. The molecule has 0 saturated carbocycles. The van der Waals surface area contributed by atoms with E-state index in [1.54, 1.807) is 37.4 Å². The van der Waals surface area contributed by atoms with Crippen molar-refractivity contribution in [2.45, 2.75) is 51.8 Å². The molecular weight excluding hydrogens is 473 g/mol. The third kappa shape index (κ3) is 9.57. The first-order chi connectivity index (χ1) is 15.8. The van der Waals surface area contributed by atoms with E-state index in [-0.39, 0.29) is 30.9 Å². The molecule has 0 radical (unpaired) electrons. The number of methoxy groups -OCH3 is 1. The van der Waals surface area contributed by atoms with Gasteiger partial charge in [-0.25, -0.2) is 4.79 Å². The number of thiophene rings is 1. The number of halogens is 3. The van der Waals surface area contributed by atoms with Crippen molar-refractivity contribution in [1.29, 1.82) is 0 Å². The van der Waals surface area contributed by atoms with Crippen molar-refractivity contribution in [3.8, 4) is 0 Å². The van der Waals surface area contributed by atoms with Crippen molar-refractivity contribution in [3.05, 3.63) is 45.2 Å². The van der Waals surface area contributed by atoms with Gasteiger partial charge >= 0.3 is 18.1 Å². The molecule has 0 aliphatic heterocycles. The summed E-state index contributed by atoms with van der Waals surface area (Å²) in [5.41, 5.74) is 5.61. The van der Waals surface area contributed by atoms with E-state index < -0.39 is 30.0 Å². The van der Waals surface area contributed by atoms with E-state index in [9.17, 15) is 33.0 Å². The van der Waals surface area contributed by atoms with Gasteiger partial charge in [0.05, 0.1) is 11.5 Å². The Hall–Kier alpha value is -2.21. The average molecular weight is 507 g/mol. The van der Waals surface area contributed by atoms with Crippen LogP contribution in [0.1, 0.15) is 38.0 Å². The van der Waals surface area contributed by atoms with E-state index in [1.807, 2.05) is 0 Å². The Morgan fingerprint density at radius 1 is 1.35 bits per heavy atom. The number of aryl methyl sites for hydroxylation is 1. The van der Waals surface area contributed by atoms with Crippen molar-refractivity contribution >= 4 is 23.3 Å². The number of nitrogens with two attached hydrogens (primary N) is 1. The molecule has 7 nitrogen and oxygen atoms in total. The summed E-state index contributed by atoms with van der Waals surface area (Å²) >= 11 is 1.36. The monoisotopic (exact) mass is 506 g/mol. The number of nitrogens with one attached hydrogen (secondary N) is 1. The first kappa shape index (κ1) is 29.8. The molecule has 0 fully saturated rings. The van der Waals surface area contributed by atoms with Crippen LogP contribution >= 0.6 is 11.3 Å². The molecule has 0 aromatic carbocycles. The smallest absolute Gasteiger partial charge is 0.389 e. The highest BCUT2D eigenvalue weighted by molar-refractivity contribution is 7.09. The molecule has 192 valence electrons. The van der Waals surface area contributed by atoms with E-state index in [0.717, 1.165) is 4.88 Å². The van der Waals surface area contributed by atoms with Gasteiger partial charge in [0.2, 0.25) is 0 Å².